The van der Waals surface area contributed by atoms with E-state index in [1.807, 2.05) is 40.6 Å². The molecule has 2 aromatic heterocycles. The van der Waals surface area contributed by atoms with E-state index in [1.165, 1.54) is 0 Å². The smallest absolute Gasteiger partial charge is 0.242 e. The fourth-order valence-electron chi connectivity index (χ4n) is 3.38. The molecule has 0 unspecified atom stereocenters. The van der Waals surface area contributed by atoms with Gasteiger partial charge >= 0.3 is 0 Å². The molecular weight excluding hydrogens is 394 g/mol. The van der Waals surface area contributed by atoms with Crippen molar-refractivity contribution in [2.75, 3.05) is 38.2 Å². The van der Waals surface area contributed by atoms with Gasteiger partial charge in [-0.25, -0.2) is 0 Å². The lowest BCUT2D eigenvalue weighted by atomic mass is 10.2. The third-order valence-corrected chi connectivity index (χ3v) is 6.03. The van der Waals surface area contributed by atoms with E-state index in [2.05, 4.69) is 21.2 Å². The van der Waals surface area contributed by atoms with Crippen molar-refractivity contribution in [3.63, 3.8) is 0 Å². The molecule has 1 fully saturated rings. The molecule has 4 rings (SSSR count). The van der Waals surface area contributed by atoms with Gasteiger partial charge in [0.25, 0.3) is 0 Å². The molecule has 1 N–H and O–H groups in total. The number of aromatic amines is 1. The van der Waals surface area contributed by atoms with Gasteiger partial charge in [-0.1, -0.05) is 18.2 Å². The molecule has 1 aliphatic rings. The monoisotopic (exact) mass is 415 g/mol. The van der Waals surface area contributed by atoms with Crippen molar-refractivity contribution >= 4 is 35.1 Å². The van der Waals surface area contributed by atoms with Crippen LogP contribution >= 0.6 is 23.6 Å². The molecule has 3 aromatic rings. The highest BCUT2D eigenvalue weighted by atomic mass is 32.1. The van der Waals surface area contributed by atoms with Crippen LogP contribution in [0.1, 0.15) is 0 Å². The predicted molar refractivity (Wildman–Crippen MR) is 113 cm³/mol. The van der Waals surface area contributed by atoms with Crippen molar-refractivity contribution in [3.05, 3.63) is 46.5 Å². The molecule has 1 amide bonds. The number of carbonyl (C=O) groups excluding carboxylic acids is 1. The summed E-state index contributed by atoms with van der Waals surface area (Å²) < 4.78 is 7.69. The molecule has 0 bridgehead atoms. The topological polar surface area (TPSA) is 66.4 Å². The molecule has 28 heavy (non-hydrogen) atoms. The highest BCUT2D eigenvalue weighted by molar-refractivity contribution is 7.71. The zero-order valence-electron chi connectivity index (χ0n) is 15.5. The first kappa shape index (κ1) is 18.7. The molecule has 0 saturated carbocycles. The summed E-state index contributed by atoms with van der Waals surface area (Å²) in [5.41, 5.74) is 1.06. The Morgan fingerprint density at radius 3 is 2.71 bits per heavy atom. The van der Waals surface area contributed by atoms with E-state index >= 15 is 0 Å². The van der Waals surface area contributed by atoms with Crippen LogP contribution in [0.4, 0.5) is 5.69 Å². The zero-order chi connectivity index (χ0) is 19.5. The lowest BCUT2D eigenvalue weighted by Crippen LogP contribution is -2.49. The highest BCUT2D eigenvalue weighted by Crippen LogP contribution is 2.28. The van der Waals surface area contributed by atoms with E-state index in [1.54, 1.807) is 23.0 Å². The van der Waals surface area contributed by atoms with Crippen molar-refractivity contribution in [2.24, 2.45) is 0 Å². The summed E-state index contributed by atoms with van der Waals surface area (Å²) in [6.45, 7) is 3.05. The predicted octanol–water partition coefficient (Wildman–Crippen LogP) is 3.03. The molecule has 0 aliphatic carbocycles. The molecule has 0 spiro atoms. The van der Waals surface area contributed by atoms with Crippen LogP contribution in [0.3, 0.4) is 0 Å². The van der Waals surface area contributed by atoms with Crippen LogP contribution < -0.4 is 9.64 Å². The first-order chi connectivity index (χ1) is 13.7. The van der Waals surface area contributed by atoms with E-state index in [-0.39, 0.29) is 12.5 Å². The molecule has 1 aromatic carbocycles. The number of methoxy groups -OCH3 is 1. The SMILES string of the molecule is COc1ccccc1N1CCN(C(=O)Cn2c(-c3cccs3)n[nH]c2=S)CC1. The van der Waals surface area contributed by atoms with Gasteiger partial charge in [-0.15, -0.1) is 11.3 Å². The minimum atomic E-state index is 0.0509. The number of anilines is 1. The summed E-state index contributed by atoms with van der Waals surface area (Å²) in [5, 5.41) is 9.08. The fraction of sp³-hybridized carbons (Fsp3) is 0.316. The van der Waals surface area contributed by atoms with Gasteiger partial charge in [-0.2, -0.15) is 5.10 Å². The highest BCUT2D eigenvalue weighted by Gasteiger charge is 2.24. The minimum Gasteiger partial charge on any atom is -0.495 e. The number of nitrogens with one attached hydrogen (secondary N) is 1. The number of piperazine rings is 1. The van der Waals surface area contributed by atoms with Gasteiger partial charge in [0.1, 0.15) is 12.3 Å². The summed E-state index contributed by atoms with van der Waals surface area (Å²) >= 11 is 6.91. The lowest BCUT2D eigenvalue weighted by molar-refractivity contribution is -0.132. The van der Waals surface area contributed by atoms with Crippen LogP contribution in [-0.4, -0.2) is 58.9 Å². The Kier molecular flexibility index (Phi) is 5.45. The first-order valence-corrected chi connectivity index (χ1v) is 10.3. The van der Waals surface area contributed by atoms with Gasteiger partial charge in [0, 0.05) is 26.2 Å². The number of ether oxygens (including phenoxy) is 1. The number of H-pyrrole nitrogens is 1. The lowest BCUT2D eigenvalue weighted by Gasteiger charge is -2.36. The number of amides is 1. The molecule has 0 atom stereocenters. The molecule has 0 radical (unpaired) electrons. The average molecular weight is 416 g/mol. The Hall–Kier alpha value is -2.65. The van der Waals surface area contributed by atoms with Crippen LogP contribution in [-0.2, 0) is 11.3 Å². The third-order valence-electron chi connectivity index (χ3n) is 4.85. The van der Waals surface area contributed by atoms with Crippen molar-refractivity contribution in [1.82, 2.24) is 19.7 Å². The number of para-hydroxylation sites is 2. The maximum Gasteiger partial charge on any atom is 0.242 e. The Bertz CT molecular complexity index is 1000. The van der Waals surface area contributed by atoms with Gasteiger partial charge < -0.3 is 14.5 Å². The van der Waals surface area contributed by atoms with Crippen LogP contribution in [0.25, 0.3) is 10.7 Å². The largest absolute Gasteiger partial charge is 0.495 e. The number of carbonyl (C=O) groups is 1. The van der Waals surface area contributed by atoms with Gasteiger partial charge in [0.2, 0.25) is 5.91 Å². The standard InChI is InChI=1S/C19H21N5O2S2/c1-26-15-6-3-2-5-14(15)22-8-10-23(11-9-22)17(25)13-24-18(20-21-19(24)27)16-7-4-12-28-16/h2-7,12H,8-11,13H2,1H3,(H,21,27). The molecule has 1 saturated heterocycles. The normalized spacial score (nSPS) is 14.3. The number of nitrogens with zero attached hydrogens (tertiary/aromatic N) is 4. The second-order valence-electron chi connectivity index (χ2n) is 6.46. The van der Waals surface area contributed by atoms with Gasteiger partial charge in [0.15, 0.2) is 10.6 Å². The Labute approximate surface area is 172 Å². The molecule has 7 nitrogen and oxygen atoms in total. The first-order valence-electron chi connectivity index (χ1n) is 9.02. The van der Waals surface area contributed by atoms with E-state index in [0.29, 0.717) is 23.7 Å². The van der Waals surface area contributed by atoms with E-state index in [4.69, 9.17) is 17.0 Å². The summed E-state index contributed by atoms with van der Waals surface area (Å²) in [4.78, 5) is 18.0. The van der Waals surface area contributed by atoms with E-state index < -0.39 is 0 Å². The summed E-state index contributed by atoms with van der Waals surface area (Å²) in [7, 11) is 1.68. The van der Waals surface area contributed by atoms with Crippen molar-refractivity contribution in [3.8, 4) is 16.5 Å². The Morgan fingerprint density at radius 2 is 2.00 bits per heavy atom. The second-order valence-corrected chi connectivity index (χ2v) is 7.79. The maximum atomic E-state index is 12.9. The fourth-order valence-corrected chi connectivity index (χ4v) is 4.30. The summed E-state index contributed by atoms with van der Waals surface area (Å²) in [6, 6.07) is 11.9. The quantitative estimate of drug-likeness (QED) is 0.649. The van der Waals surface area contributed by atoms with Crippen molar-refractivity contribution < 1.29 is 9.53 Å². The minimum absolute atomic E-state index is 0.0509. The number of hydrogen-bond acceptors (Lipinski definition) is 6. The Morgan fingerprint density at radius 1 is 1.21 bits per heavy atom. The molecular formula is C19H21N5O2S2. The summed E-state index contributed by atoms with van der Waals surface area (Å²) in [6.07, 6.45) is 0. The number of benzene rings is 1. The van der Waals surface area contributed by atoms with Crippen LogP contribution in [0.15, 0.2) is 41.8 Å². The van der Waals surface area contributed by atoms with Crippen molar-refractivity contribution in [2.45, 2.75) is 6.54 Å². The van der Waals surface area contributed by atoms with E-state index in [0.717, 1.165) is 29.4 Å². The van der Waals surface area contributed by atoms with Gasteiger partial charge in [0.05, 0.1) is 17.7 Å². The second kappa shape index (κ2) is 8.15. The number of rotatable bonds is 5. The summed E-state index contributed by atoms with van der Waals surface area (Å²) in [5.74, 6) is 1.61. The number of thiophene rings is 1. The van der Waals surface area contributed by atoms with Crippen LogP contribution in [0.5, 0.6) is 5.75 Å². The van der Waals surface area contributed by atoms with Gasteiger partial charge in [-0.05, 0) is 35.8 Å². The average Bonchev–Trinajstić information content (AvgIpc) is 3.38. The van der Waals surface area contributed by atoms with Crippen LogP contribution in [0.2, 0.25) is 0 Å². The molecule has 3 heterocycles. The molecule has 1 aliphatic heterocycles. The number of aromatic nitrogens is 3. The van der Waals surface area contributed by atoms with E-state index in [9.17, 15) is 4.79 Å². The van der Waals surface area contributed by atoms with Crippen molar-refractivity contribution in [1.29, 1.82) is 0 Å². The zero-order valence-corrected chi connectivity index (χ0v) is 17.1. The third kappa shape index (κ3) is 3.67. The Balaban J connectivity index is 1.43. The maximum absolute atomic E-state index is 12.9. The van der Waals surface area contributed by atoms with Gasteiger partial charge in [-0.3, -0.25) is 14.5 Å². The molecule has 146 valence electrons. The van der Waals surface area contributed by atoms with Crippen LogP contribution in [0, 0.1) is 4.77 Å². The number of hydrogen-bond donors (Lipinski definition) is 1. The molecule has 9 heteroatoms.